The number of ether oxygens (including phenoxy) is 2. The van der Waals surface area contributed by atoms with Crippen molar-refractivity contribution in [3.63, 3.8) is 0 Å². The highest BCUT2D eigenvalue weighted by atomic mass is 35.5. The number of benzene rings is 2. The van der Waals surface area contributed by atoms with Gasteiger partial charge in [-0.1, -0.05) is 49.2 Å². The van der Waals surface area contributed by atoms with Crippen molar-refractivity contribution in [1.82, 2.24) is 10.2 Å². The van der Waals surface area contributed by atoms with E-state index in [1.807, 2.05) is 19.9 Å². The molecule has 0 aliphatic rings. The Morgan fingerprint density at radius 1 is 1.07 bits per heavy atom. The fourth-order valence-electron chi connectivity index (χ4n) is 2.92. The normalized spacial score (nSPS) is 11.7. The molecule has 162 valence electrons. The zero-order valence-electron chi connectivity index (χ0n) is 17.7. The molecule has 1 N–H and O–H groups in total. The van der Waals surface area contributed by atoms with E-state index >= 15 is 0 Å². The third kappa shape index (κ3) is 5.80. The van der Waals surface area contributed by atoms with Crippen LogP contribution >= 0.6 is 23.2 Å². The average molecular weight is 453 g/mol. The van der Waals surface area contributed by atoms with Gasteiger partial charge in [0.2, 0.25) is 5.91 Å². The summed E-state index contributed by atoms with van der Waals surface area (Å²) in [6.45, 7) is 4.01. The molecule has 0 bridgehead atoms. The quantitative estimate of drug-likeness (QED) is 0.643. The molecule has 8 heteroatoms. The summed E-state index contributed by atoms with van der Waals surface area (Å²) in [6.07, 6.45) is 0. The molecule has 0 fully saturated rings. The van der Waals surface area contributed by atoms with E-state index < -0.39 is 11.9 Å². The van der Waals surface area contributed by atoms with Gasteiger partial charge in [-0.25, -0.2) is 0 Å². The van der Waals surface area contributed by atoms with Gasteiger partial charge in [0.25, 0.3) is 5.91 Å². The number of nitrogens with zero attached hydrogens (tertiary/aromatic N) is 1. The number of carbonyl (C=O) groups excluding carboxylic acids is 2. The lowest BCUT2D eigenvalue weighted by Crippen LogP contribution is -2.50. The second-order valence-electron chi connectivity index (χ2n) is 7.20. The van der Waals surface area contributed by atoms with E-state index in [0.717, 1.165) is 5.56 Å². The van der Waals surface area contributed by atoms with E-state index in [1.54, 1.807) is 37.4 Å². The second kappa shape index (κ2) is 10.5. The fraction of sp³-hybridized carbons (Fsp3) is 0.364. The number of amides is 2. The minimum absolute atomic E-state index is 0.133. The molecule has 0 saturated heterocycles. The molecule has 1 atom stereocenters. The Bertz CT molecular complexity index is 896. The molecule has 30 heavy (non-hydrogen) atoms. The van der Waals surface area contributed by atoms with Crippen LogP contribution in [0.2, 0.25) is 10.0 Å². The third-order valence-corrected chi connectivity index (χ3v) is 5.51. The summed E-state index contributed by atoms with van der Waals surface area (Å²) in [4.78, 5) is 27.5. The molecule has 2 aromatic rings. The van der Waals surface area contributed by atoms with E-state index in [-0.39, 0.29) is 18.4 Å². The van der Waals surface area contributed by atoms with E-state index in [0.29, 0.717) is 27.1 Å². The van der Waals surface area contributed by atoms with E-state index in [9.17, 15) is 9.59 Å². The SMILES string of the molecule is COc1cc(OC)cc(C(=O)NC(C(=O)N(C)Cc2cccc(Cl)c2Cl)C(C)C)c1. The number of carbonyl (C=O) groups is 2. The van der Waals surface area contributed by atoms with Crippen molar-refractivity contribution in [1.29, 1.82) is 0 Å². The van der Waals surface area contributed by atoms with Gasteiger partial charge in [0.15, 0.2) is 0 Å². The highest BCUT2D eigenvalue weighted by Gasteiger charge is 2.28. The van der Waals surface area contributed by atoms with Gasteiger partial charge < -0.3 is 19.7 Å². The molecular weight excluding hydrogens is 427 g/mol. The number of rotatable bonds is 8. The lowest BCUT2D eigenvalue weighted by atomic mass is 10.0. The van der Waals surface area contributed by atoms with Crippen LogP contribution in [0.1, 0.15) is 29.8 Å². The van der Waals surface area contributed by atoms with Crippen molar-refractivity contribution in [3.8, 4) is 11.5 Å². The van der Waals surface area contributed by atoms with Crippen LogP contribution in [0.25, 0.3) is 0 Å². The maximum absolute atomic E-state index is 13.1. The van der Waals surface area contributed by atoms with Crippen molar-refractivity contribution < 1.29 is 19.1 Å². The van der Waals surface area contributed by atoms with Gasteiger partial charge in [-0.2, -0.15) is 0 Å². The molecule has 0 aliphatic carbocycles. The summed E-state index contributed by atoms with van der Waals surface area (Å²) < 4.78 is 10.4. The average Bonchev–Trinajstić information content (AvgIpc) is 2.73. The van der Waals surface area contributed by atoms with Crippen molar-refractivity contribution >= 4 is 35.0 Å². The van der Waals surface area contributed by atoms with Gasteiger partial charge >= 0.3 is 0 Å². The first-order valence-electron chi connectivity index (χ1n) is 9.39. The molecule has 0 aliphatic heterocycles. The molecule has 1 unspecified atom stereocenters. The van der Waals surface area contributed by atoms with Gasteiger partial charge in [-0.05, 0) is 29.7 Å². The molecule has 0 saturated carbocycles. The summed E-state index contributed by atoms with van der Waals surface area (Å²) in [7, 11) is 4.68. The monoisotopic (exact) mass is 452 g/mol. The lowest BCUT2D eigenvalue weighted by Gasteiger charge is -2.27. The summed E-state index contributed by atoms with van der Waals surface area (Å²) in [5, 5.41) is 3.66. The maximum atomic E-state index is 13.1. The van der Waals surface area contributed by atoms with Crippen LogP contribution in [0.3, 0.4) is 0 Å². The first-order valence-corrected chi connectivity index (χ1v) is 10.1. The highest BCUT2D eigenvalue weighted by Crippen LogP contribution is 2.27. The van der Waals surface area contributed by atoms with Gasteiger partial charge in [0.1, 0.15) is 17.5 Å². The number of hydrogen-bond donors (Lipinski definition) is 1. The van der Waals surface area contributed by atoms with Crippen LogP contribution in [0, 0.1) is 5.92 Å². The minimum Gasteiger partial charge on any atom is -0.497 e. The maximum Gasteiger partial charge on any atom is 0.252 e. The van der Waals surface area contributed by atoms with Crippen LogP contribution in [0.4, 0.5) is 0 Å². The molecule has 2 amide bonds. The van der Waals surface area contributed by atoms with Crippen molar-refractivity contribution in [2.24, 2.45) is 5.92 Å². The van der Waals surface area contributed by atoms with Crippen LogP contribution in [-0.4, -0.2) is 44.0 Å². The molecule has 2 rings (SSSR count). The van der Waals surface area contributed by atoms with Gasteiger partial charge in [-0.15, -0.1) is 0 Å². The number of hydrogen-bond acceptors (Lipinski definition) is 4. The van der Waals surface area contributed by atoms with E-state index in [2.05, 4.69) is 5.32 Å². The third-order valence-electron chi connectivity index (χ3n) is 4.65. The van der Waals surface area contributed by atoms with E-state index in [1.165, 1.54) is 19.1 Å². The smallest absolute Gasteiger partial charge is 0.252 e. The van der Waals surface area contributed by atoms with Crippen LogP contribution < -0.4 is 14.8 Å². The van der Waals surface area contributed by atoms with Crippen LogP contribution in [0.15, 0.2) is 36.4 Å². The number of methoxy groups -OCH3 is 2. The van der Waals surface area contributed by atoms with Crippen molar-refractivity contribution in [2.75, 3.05) is 21.3 Å². The first-order chi connectivity index (χ1) is 14.2. The molecule has 0 radical (unpaired) electrons. The summed E-state index contributed by atoms with van der Waals surface area (Å²) in [5.74, 6) is 0.211. The Kier molecular flexibility index (Phi) is 8.38. The molecule has 0 aromatic heterocycles. The predicted octanol–water partition coefficient (Wildman–Crippen LogP) is 4.42. The second-order valence-corrected chi connectivity index (χ2v) is 7.99. The number of halogens is 2. The summed E-state index contributed by atoms with van der Waals surface area (Å²) in [6, 6.07) is 9.41. The summed E-state index contributed by atoms with van der Waals surface area (Å²) in [5.41, 5.74) is 1.07. The highest BCUT2D eigenvalue weighted by molar-refractivity contribution is 6.42. The van der Waals surface area contributed by atoms with Crippen LogP contribution in [0.5, 0.6) is 11.5 Å². The molecule has 0 spiro atoms. The molecule has 0 heterocycles. The van der Waals surface area contributed by atoms with Crippen molar-refractivity contribution in [2.45, 2.75) is 26.4 Å². The van der Waals surface area contributed by atoms with Crippen LogP contribution in [-0.2, 0) is 11.3 Å². The zero-order chi connectivity index (χ0) is 22.4. The topological polar surface area (TPSA) is 67.9 Å². The lowest BCUT2D eigenvalue weighted by molar-refractivity contribution is -0.133. The Labute approximate surface area is 187 Å². The molecule has 6 nitrogen and oxygen atoms in total. The largest absolute Gasteiger partial charge is 0.497 e. The Morgan fingerprint density at radius 3 is 2.20 bits per heavy atom. The Morgan fingerprint density at radius 2 is 1.67 bits per heavy atom. The minimum atomic E-state index is -0.724. The Hall–Kier alpha value is -2.44. The zero-order valence-corrected chi connectivity index (χ0v) is 19.2. The molecule has 2 aromatic carbocycles. The standard InChI is InChI=1S/C22H26Cl2N2O4/c1-13(2)20(22(28)26(3)12-14-7-6-8-18(23)19(14)24)25-21(27)15-9-16(29-4)11-17(10-15)30-5/h6-11,13,20H,12H2,1-5H3,(H,25,27). The Balaban J connectivity index is 2.19. The van der Waals surface area contributed by atoms with E-state index in [4.69, 9.17) is 32.7 Å². The molecular formula is C22H26Cl2N2O4. The number of nitrogens with one attached hydrogen (secondary N) is 1. The summed E-state index contributed by atoms with van der Waals surface area (Å²) >= 11 is 12.3. The predicted molar refractivity (Wildman–Crippen MR) is 119 cm³/mol. The number of likely N-dealkylation sites (N-methyl/N-ethyl adjacent to an activating group) is 1. The van der Waals surface area contributed by atoms with Gasteiger partial charge in [0.05, 0.1) is 24.3 Å². The first kappa shape index (κ1) is 23.8. The van der Waals surface area contributed by atoms with Gasteiger partial charge in [-0.3, -0.25) is 9.59 Å². The van der Waals surface area contributed by atoms with Gasteiger partial charge in [0, 0.05) is 25.2 Å². The van der Waals surface area contributed by atoms with Crippen molar-refractivity contribution in [3.05, 3.63) is 57.6 Å². The fourth-order valence-corrected chi connectivity index (χ4v) is 3.30.